The number of anilines is 1. The summed E-state index contributed by atoms with van der Waals surface area (Å²) in [6.07, 6.45) is 4.34. The summed E-state index contributed by atoms with van der Waals surface area (Å²) >= 11 is 0. The van der Waals surface area contributed by atoms with Gasteiger partial charge < -0.3 is 0 Å². The van der Waals surface area contributed by atoms with Crippen molar-refractivity contribution in [2.24, 2.45) is 0 Å². The second-order valence-electron chi connectivity index (χ2n) is 3.52. The summed E-state index contributed by atoms with van der Waals surface area (Å²) in [6.45, 7) is 6.39. The van der Waals surface area contributed by atoms with E-state index in [-0.39, 0.29) is 0 Å². The van der Waals surface area contributed by atoms with Crippen molar-refractivity contribution in [1.29, 1.82) is 0 Å². The van der Waals surface area contributed by atoms with Crippen LogP contribution >= 0.6 is 0 Å². The predicted octanol–water partition coefficient (Wildman–Crippen LogP) is 2.57. The number of hydrogen-bond donors (Lipinski definition) is 0. The zero-order chi connectivity index (χ0) is 9.97. The van der Waals surface area contributed by atoms with Gasteiger partial charge in [-0.15, -0.1) is 0 Å². The van der Waals surface area contributed by atoms with Crippen molar-refractivity contribution in [3.63, 3.8) is 0 Å². The molecule has 0 fully saturated rings. The van der Waals surface area contributed by atoms with E-state index in [1.54, 1.807) is 0 Å². The van der Waals surface area contributed by atoms with E-state index in [2.05, 4.69) is 60.4 Å². The van der Waals surface area contributed by atoms with Crippen LogP contribution in [0.2, 0.25) is 0 Å². The van der Waals surface area contributed by atoms with E-state index in [0.29, 0.717) is 0 Å². The summed E-state index contributed by atoms with van der Waals surface area (Å²) in [7, 11) is 0. The average molecular weight is 188 g/mol. The van der Waals surface area contributed by atoms with Gasteiger partial charge in [0.15, 0.2) is 0 Å². The highest BCUT2D eigenvalue weighted by Crippen LogP contribution is 2.23. The molecular formula is C12H16N2. The van der Waals surface area contributed by atoms with Gasteiger partial charge >= 0.3 is 0 Å². The molecule has 2 rings (SSSR count). The van der Waals surface area contributed by atoms with Gasteiger partial charge in [0.2, 0.25) is 0 Å². The van der Waals surface area contributed by atoms with E-state index in [0.717, 1.165) is 13.1 Å². The van der Waals surface area contributed by atoms with E-state index >= 15 is 0 Å². The first-order valence-electron chi connectivity index (χ1n) is 5.09. The molecule has 2 heteroatoms. The number of para-hydroxylation sites is 1. The van der Waals surface area contributed by atoms with Crippen molar-refractivity contribution in [2.75, 3.05) is 18.1 Å². The third kappa shape index (κ3) is 1.53. The Balaban J connectivity index is 2.30. The molecule has 14 heavy (non-hydrogen) atoms. The lowest BCUT2D eigenvalue weighted by Gasteiger charge is -2.29. The summed E-state index contributed by atoms with van der Waals surface area (Å²) in [5.74, 6) is 0. The summed E-state index contributed by atoms with van der Waals surface area (Å²) in [5.41, 5.74) is 2.60. The first kappa shape index (κ1) is 9.28. The number of hydrogen-bond acceptors (Lipinski definition) is 2. The van der Waals surface area contributed by atoms with Crippen LogP contribution in [0.15, 0.2) is 36.5 Å². The van der Waals surface area contributed by atoms with Gasteiger partial charge in [-0.3, -0.25) is 5.01 Å². The van der Waals surface area contributed by atoms with Crippen molar-refractivity contribution in [2.45, 2.75) is 13.8 Å². The molecule has 1 aromatic carbocycles. The van der Waals surface area contributed by atoms with Crippen LogP contribution in [0.4, 0.5) is 5.69 Å². The monoisotopic (exact) mass is 188 g/mol. The minimum atomic E-state index is 1.02. The highest BCUT2D eigenvalue weighted by molar-refractivity contribution is 5.55. The van der Waals surface area contributed by atoms with E-state index in [9.17, 15) is 0 Å². The minimum Gasteiger partial charge on any atom is -0.281 e. The van der Waals surface area contributed by atoms with Gasteiger partial charge in [-0.2, -0.15) is 0 Å². The number of aryl methyl sites for hydroxylation is 1. The van der Waals surface area contributed by atoms with Gasteiger partial charge in [-0.05, 0) is 18.6 Å². The lowest BCUT2D eigenvalue weighted by molar-refractivity contribution is 0.340. The maximum Gasteiger partial charge on any atom is 0.0602 e. The molecule has 2 nitrogen and oxygen atoms in total. The number of hydrazine groups is 1. The zero-order valence-electron chi connectivity index (χ0n) is 8.77. The number of rotatable bonds is 2. The van der Waals surface area contributed by atoms with Crippen molar-refractivity contribution in [3.8, 4) is 0 Å². The maximum absolute atomic E-state index is 2.31. The summed E-state index contributed by atoms with van der Waals surface area (Å²) in [6, 6.07) is 8.47. The van der Waals surface area contributed by atoms with Crippen LogP contribution in [0, 0.1) is 6.92 Å². The van der Waals surface area contributed by atoms with Gasteiger partial charge in [-0.1, -0.05) is 31.2 Å². The second kappa shape index (κ2) is 3.84. The lowest BCUT2D eigenvalue weighted by atomic mass is 10.2. The molecule has 0 atom stereocenters. The van der Waals surface area contributed by atoms with Crippen LogP contribution in [0.25, 0.3) is 0 Å². The van der Waals surface area contributed by atoms with Gasteiger partial charge in [0, 0.05) is 19.3 Å². The van der Waals surface area contributed by atoms with Gasteiger partial charge in [-0.25, -0.2) is 5.01 Å². The summed E-state index contributed by atoms with van der Waals surface area (Å²) < 4.78 is 0. The van der Waals surface area contributed by atoms with Crippen LogP contribution in [0.5, 0.6) is 0 Å². The van der Waals surface area contributed by atoms with Gasteiger partial charge in [0.05, 0.1) is 5.69 Å². The fourth-order valence-corrected chi connectivity index (χ4v) is 1.79. The van der Waals surface area contributed by atoms with Gasteiger partial charge in [0.25, 0.3) is 0 Å². The molecule has 1 aromatic rings. The Hall–Kier alpha value is -1.28. The standard InChI is InChI=1S/C12H16N2/c1-3-13-9-6-10-14(13)12-8-5-4-7-11(12)2/h4-8,10H,3,9H2,1-2H3. The van der Waals surface area contributed by atoms with E-state index in [4.69, 9.17) is 0 Å². The Labute approximate surface area is 85.4 Å². The van der Waals surface area contributed by atoms with Crippen LogP contribution in [-0.4, -0.2) is 18.1 Å². The van der Waals surface area contributed by atoms with E-state index < -0.39 is 0 Å². The Morgan fingerprint density at radius 1 is 1.29 bits per heavy atom. The number of benzene rings is 1. The van der Waals surface area contributed by atoms with Crippen LogP contribution in [0.3, 0.4) is 0 Å². The van der Waals surface area contributed by atoms with Crippen LogP contribution in [0.1, 0.15) is 12.5 Å². The van der Waals surface area contributed by atoms with Crippen molar-refractivity contribution in [3.05, 3.63) is 42.1 Å². The Bertz CT molecular complexity index is 344. The second-order valence-corrected chi connectivity index (χ2v) is 3.52. The molecular weight excluding hydrogens is 172 g/mol. The molecule has 0 radical (unpaired) electrons. The fraction of sp³-hybridized carbons (Fsp3) is 0.333. The molecule has 1 heterocycles. The quantitative estimate of drug-likeness (QED) is 0.703. The summed E-state index contributed by atoms with van der Waals surface area (Å²) in [4.78, 5) is 0. The smallest absolute Gasteiger partial charge is 0.0602 e. The number of nitrogens with zero attached hydrogens (tertiary/aromatic N) is 2. The Kier molecular flexibility index (Phi) is 2.55. The van der Waals surface area contributed by atoms with Crippen LogP contribution in [-0.2, 0) is 0 Å². The van der Waals surface area contributed by atoms with E-state index in [1.165, 1.54) is 11.3 Å². The topological polar surface area (TPSA) is 6.48 Å². The van der Waals surface area contributed by atoms with E-state index in [1.807, 2.05) is 0 Å². The molecule has 0 amide bonds. The Morgan fingerprint density at radius 3 is 2.79 bits per heavy atom. The first-order valence-corrected chi connectivity index (χ1v) is 5.09. The largest absolute Gasteiger partial charge is 0.281 e. The summed E-state index contributed by atoms with van der Waals surface area (Å²) in [5, 5.41) is 4.54. The molecule has 0 aliphatic carbocycles. The maximum atomic E-state index is 2.31. The molecule has 1 aliphatic heterocycles. The highest BCUT2D eigenvalue weighted by Gasteiger charge is 2.16. The zero-order valence-corrected chi connectivity index (χ0v) is 8.77. The average Bonchev–Trinajstić information content (AvgIpc) is 2.66. The van der Waals surface area contributed by atoms with Crippen molar-refractivity contribution >= 4 is 5.69 Å². The SMILES string of the molecule is CCN1CC=CN1c1ccccc1C. The molecule has 0 saturated heterocycles. The van der Waals surface area contributed by atoms with Crippen molar-refractivity contribution in [1.82, 2.24) is 5.01 Å². The van der Waals surface area contributed by atoms with Crippen LogP contribution < -0.4 is 5.01 Å². The molecule has 74 valence electrons. The normalized spacial score (nSPS) is 16.6. The molecule has 0 bridgehead atoms. The Morgan fingerprint density at radius 2 is 2.07 bits per heavy atom. The van der Waals surface area contributed by atoms with Crippen molar-refractivity contribution < 1.29 is 0 Å². The predicted molar refractivity (Wildman–Crippen MR) is 60.0 cm³/mol. The third-order valence-electron chi connectivity index (χ3n) is 2.59. The molecule has 0 spiro atoms. The molecule has 0 aromatic heterocycles. The van der Waals surface area contributed by atoms with Gasteiger partial charge in [0.1, 0.15) is 0 Å². The molecule has 0 unspecified atom stereocenters. The number of likely N-dealkylation sites (N-methyl/N-ethyl adjacent to an activating group) is 1. The lowest BCUT2D eigenvalue weighted by Crippen LogP contribution is -2.35. The third-order valence-corrected chi connectivity index (χ3v) is 2.59. The molecule has 0 N–H and O–H groups in total. The fourth-order valence-electron chi connectivity index (χ4n) is 1.79. The first-order chi connectivity index (χ1) is 6.83. The minimum absolute atomic E-state index is 1.02. The molecule has 1 aliphatic rings. The molecule has 0 saturated carbocycles. The highest BCUT2D eigenvalue weighted by atomic mass is 15.6.